The molecule has 41 heavy (non-hydrogen) atoms. The number of ether oxygens (including phenoxy) is 4. The fraction of sp³-hybridized carbons (Fsp3) is 0.303. The van der Waals surface area contributed by atoms with Crippen molar-refractivity contribution < 1.29 is 23.5 Å². The largest absolute Gasteiger partial charge is 0.497 e. The SMILES string of the molecule is COc1ccc(COc2ccc(-c3cc(C=CC4CN5CCC4C5)on3)cc2OCc2ccc(OC)cc2)cc1.Cl. The molecule has 3 heterocycles. The van der Waals surface area contributed by atoms with Crippen molar-refractivity contribution in [3.05, 3.63) is 95.8 Å². The van der Waals surface area contributed by atoms with E-state index in [-0.39, 0.29) is 12.4 Å². The molecule has 7 nitrogen and oxygen atoms in total. The number of fused-ring (bicyclic) bond motifs is 2. The van der Waals surface area contributed by atoms with Gasteiger partial charge in [-0.25, -0.2) is 0 Å². The van der Waals surface area contributed by atoms with Crippen LogP contribution in [0.4, 0.5) is 0 Å². The van der Waals surface area contributed by atoms with Crippen LogP contribution in [-0.4, -0.2) is 43.9 Å². The highest BCUT2D eigenvalue weighted by Gasteiger charge is 2.36. The van der Waals surface area contributed by atoms with Gasteiger partial charge in [-0.05, 0) is 84.5 Å². The standard InChI is InChI=1S/C33H34N2O5.ClH/c1-36-28-9-3-23(4-10-28)21-38-32-14-8-25(17-33(32)39-22-24-5-11-29(37-2)12-6-24)31-18-30(40-34-31)13-7-26-19-35-16-15-27(26)20-35;/h3-14,17-18,26-27H,15-16,19-22H2,1-2H3;1H. The zero-order valence-corrected chi connectivity index (χ0v) is 24.1. The lowest BCUT2D eigenvalue weighted by molar-refractivity contribution is 0.256. The van der Waals surface area contributed by atoms with Gasteiger partial charge in [-0.1, -0.05) is 35.5 Å². The molecule has 0 saturated carbocycles. The molecule has 0 spiro atoms. The second kappa shape index (κ2) is 13.1. The summed E-state index contributed by atoms with van der Waals surface area (Å²) in [7, 11) is 3.32. The number of nitrogens with zero attached hydrogens (tertiary/aromatic N) is 2. The van der Waals surface area contributed by atoms with Crippen LogP contribution < -0.4 is 18.9 Å². The van der Waals surface area contributed by atoms with E-state index in [2.05, 4.69) is 22.2 Å². The molecule has 3 unspecified atom stereocenters. The smallest absolute Gasteiger partial charge is 0.162 e. The highest BCUT2D eigenvalue weighted by molar-refractivity contribution is 5.85. The maximum Gasteiger partial charge on any atom is 0.162 e. The fourth-order valence-corrected chi connectivity index (χ4v) is 5.43. The Kier molecular flexibility index (Phi) is 9.17. The summed E-state index contributed by atoms with van der Waals surface area (Å²) in [5, 5.41) is 4.34. The molecule has 2 aliphatic rings. The first kappa shape index (κ1) is 28.6. The zero-order chi connectivity index (χ0) is 27.3. The number of halogens is 1. The van der Waals surface area contributed by atoms with Crippen molar-refractivity contribution in [1.29, 1.82) is 0 Å². The van der Waals surface area contributed by atoms with Gasteiger partial charge in [0.25, 0.3) is 0 Å². The van der Waals surface area contributed by atoms with E-state index in [1.54, 1.807) is 14.2 Å². The Bertz CT molecular complexity index is 1450. The molecule has 8 heteroatoms. The quantitative estimate of drug-likeness (QED) is 0.193. The number of aromatic nitrogens is 1. The summed E-state index contributed by atoms with van der Waals surface area (Å²) in [6.45, 7) is 4.40. The molecule has 3 aromatic carbocycles. The van der Waals surface area contributed by atoms with E-state index in [0.717, 1.165) is 52.1 Å². The highest BCUT2D eigenvalue weighted by atomic mass is 35.5. The molecule has 0 radical (unpaired) electrons. The van der Waals surface area contributed by atoms with Crippen molar-refractivity contribution in [3.8, 4) is 34.3 Å². The lowest BCUT2D eigenvalue weighted by Crippen LogP contribution is -2.21. The molecule has 2 saturated heterocycles. The lowest BCUT2D eigenvalue weighted by atomic mass is 9.92. The summed E-state index contributed by atoms with van der Waals surface area (Å²) in [4.78, 5) is 2.54. The average Bonchev–Trinajstić information content (AvgIpc) is 3.77. The van der Waals surface area contributed by atoms with E-state index in [1.807, 2.05) is 72.8 Å². The number of rotatable bonds is 11. The van der Waals surface area contributed by atoms with Gasteiger partial charge < -0.3 is 28.4 Å². The molecule has 3 atom stereocenters. The molecule has 214 valence electrons. The normalized spacial score (nSPS) is 19.2. The average molecular weight is 575 g/mol. The van der Waals surface area contributed by atoms with Gasteiger partial charge in [-0.15, -0.1) is 12.4 Å². The summed E-state index contributed by atoms with van der Waals surface area (Å²) in [5.41, 5.74) is 3.72. The van der Waals surface area contributed by atoms with Gasteiger partial charge in [0.05, 0.1) is 14.2 Å². The van der Waals surface area contributed by atoms with Gasteiger partial charge >= 0.3 is 0 Å². The molecule has 6 rings (SSSR count). The minimum atomic E-state index is 0. The van der Waals surface area contributed by atoms with Crippen LogP contribution in [0.3, 0.4) is 0 Å². The fourth-order valence-electron chi connectivity index (χ4n) is 5.43. The summed E-state index contributed by atoms with van der Waals surface area (Å²) < 4.78 is 28.7. The van der Waals surface area contributed by atoms with E-state index in [9.17, 15) is 0 Å². The third-order valence-corrected chi connectivity index (χ3v) is 7.77. The highest BCUT2D eigenvalue weighted by Crippen LogP contribution is 2.36. The van der Waals surface area contributed by atoms with E-state index < -0.39 is 0 Å². The van der Waals surface area contributed by atoms with Crippen LogP contribution in [-0.2, 0) is 13.2 Å². The topological polar surface area (TPSA) is 66.2 Å². The second-order valence-electron chi connectivity index (χ2n) is 10.4. The van der Waals surface area contributed by atoms with E-state index in [0.29, 0.717) is 30.6 Å². The van der Waals surface area contributed by atoms with Gasteiger partial charge in [0, 0.05) is 24.7 Å². The van der Waals surface area contributed by atoms with Crippen molar-refractivity contribution in [1.82, 2.24) is 10.1 Å². The molecule has 0 N–H and O–H groups in total. The number of methoxy groups -OCH3 is 2. The summed E-state index contributed by atoms with van der Waals surface area (Å²) >= 11 is 0. The van der Waals surface area contributed by atoms with Crippen LogP contribution in [0.15, 0.2) is 83.4 Å². The molecule has 2 bridgehead atoms. The monoisotopic (exact) mass is 574 g/mol. The summed E-state index contributed by atoms with van der Waals surface area (Å²) in [6, 6.07) is 23.5. The van der Waals surface area contributed by atoms with Crippen LogP contribution in [0.2, 0.25) is 0 Å². The lowest BCUT2D eigenvalue weighted by Gasteiger charge is -2.18. The molecule has 1 aromatic heterocycles. The van der Waals surface area contributed by atoms with Gasteiger partial charge in [-0.3, -0.25) is 0 Å². The Hall–Kier alpha value is -3.94. The van der Waals surface area contributed by atoms with E-state index >= 15 is 0 Å². The van der Waals surface area contributed by atoms with Crippen LogP contribution in [0, 0.1) is 11.8 Å². The second-order valence-corrected chi connectivity index (χ2v) is 10.4. The molecule has 0 amide bonds. The van der Waals surface area contributed by atoms with Crippen LogP contribution in [0.25, 0.3) is 17.3 Å². The Labute approximate surface area is 247 Å². The van der Waals surface area contributed by atoms with Gasteiger partial charge in [0.15, 0.2) is 17.3 Å². The molecular weight excluding hydrogens is 540 g/mol. The zero-order valence-electron chi connectivity index (χ0n) is 23.3. The first-order valence-corrected chi connectivity index (χ1v) is 13.7. The first-order valence-electron chi connectivity index (χ1n) is 13.7. The third kappa shape index (κ3) is 6.87. The predicted molar refractivity (Wildman–Crippen MR) is 161 cm³/mol. The summed E-state index contributed by atoms with van der Waals surface area (Å²) in [5.74, 6) is 5.04. The van der Waals surface area contributed by atoms with Crippen molar-refractivity contribution in [2.24, 2.45) is 11.8 Å². The van der Waals surface area contributed by atoms with E-state index in [1.165, 1.54) is 19.5 Å². The predicted octanol–water partition coefficient (Wildman–Crippen LogP) is 6.90. The Morgan fingerprint density at radius 3 is 2.07 bits per heavy atom. The molecular formula is C33H35ClN2O5. The maximum atomic E-state index is 6.27. The van der Waals surface area contributed by atoms with Gasteiger partial charge in [-0.2, -0.15) is 0 Å². The molecule has 4 aromatic rings. The van der Waals surface area contributed by atoms with Crippen molar-refractivity contribution in [3.63, 3.8) is 0 Å². The van der Waals surface area contributed by atoms with Gasteiger partial charge in [0.1, 0.15) is 30.4 Å². The maximum absolute atomic E-state index is 6.27. The minimum absolute atomic E-state index is 0. The van der Waals surface area contributed by atoms with Crippen LogP contribution in [0.1, 0.15) is 23.3 Å². The van der Waals surface area contributed by atoms with E-state index in [4.69, 9.17) is 23.5 Å². The van der Waals surface area contributed by atoms with Crippen molar-refractivity contribution >= 4 is 18.5 Å². The third-order valence-electron chi connectivity index (χ3n) is 7.77. The Morgan fingerprint density at radius 2 is 1.49 bits per heavy atom. The van der Waals surface area contributed by atoms with Gasteiger partial charge in [0.2, 0.25) is 0 Å². The number of hydrogen-bond acceptors (Lipinski definition) is 7. The molecule has 2 fully saturated rings. The molecule has 0 aliphatic carbocycles. The Balaban J connectivity index is 0.00000337. The van der Waals surface area contributed by atoms with Crippen molar-refractivity contribution in [2.45, 2.75) is 19.6 Å². The first-order chi connectivity index (χ1) is 19.7. The number of hydrogen-bond donors (Lipinski definition) is 0. The van der Waals surface area contributed by atoms with Crippen LogP contribution >= 0.6 is 12.4 Å². The number of piperidine rings is 1. The Morgan fingerprint density at radius 1 is 0.829 bits per heavy atom. The molecule has 2 aliphatic heterocycles. The van der Waals surface area contributed by atoms with Crippen molar-refractivity contribution in [2.75, 3.05) is 33.9 Å². The number of benzene rings is 3. The van der Waals surface area contributed by atoms with Crippen LogP contribution in [0.5, 0.6) is 23.0 Å². The summed E-state index contributed by atoms with van der Waals surface area (Å²) in [6.07, 6.45) is 5.65. The minimum Gasteiger partial charge on any atom is -0.497 e.